The van der Waals surface area contributed by atoms with Gasteiger partial charge >= 0.3 is 0 Å². The summed E-state index contributed by atoms with van der Waals surface area (Å²) in [7, 11) is 2.01. The van der Waals surface area contributed by atoms with Crippen LogP contribution in [0.1, 0.15) is 47.1 Å². The first kappa shape index (κ1) is 13.3. The molecule has 104 valence electrons. The lowest BCUT2D eigenvalue weighted by atomic mass is 9.92. The van der Waals surface area contributed by atoms with E-state index in [1.54, 1.807) is 0 Å². The molecular formula is C17H21N3. The molecule has 20 heavy (non-hydrogen) atoms. The monoisotopic (exact) mass is 267 g/mol. The van der Waals surface area contributed by atoms with E-state index in [1.165, 1.54) is 35.2 Å². The van der Waals surface area contributed by atoms with Crippen LogP contribution in [0, 0.1) is 6.92 Å². The number of aryl methyl sites for hydroxylation is 2. The van der Waals surface area contributed by atoms with Crippen LogP contribution in [-0.2, 0) is 12.8 Å². The lowest BCUT2D eigenvalue weighted by Gasteiger charge is -2.24. The smallest absolute Gasteiger partial charge is 0.132 e. The van der Waals surface area contributed by atoms with Gasteiger partial charge in [0.25, 0.3) is 0 Å². The maximum atomic E-state index is 4.79. The number of hydrogen-bond acceptors (Lipinski definition) is 3. The molecule has 2 aromatic rings. The molecule has 1 aliphatic carbocycles. The van der Waals surface area contributed by atoms with Crippen LogP contribution in [0.2, 0.25) is 0 Å². The highest BCUT2D eigenvalue weighted by atomic mass is 14.9. The Balaban J connectivity index is 1.85. The summed E-state index contributed by atoms with van der Waals surface area (Å²) in [5.41, 5.74) is 5.08. The Morgan fingerprint density at radius 1 is 1.35 bits per heavy atom. The second kappa shape index (κ2) is 5.71. The second-order valence-corrected chi connectivity index (χ2v) is 5.59. The number of aromatic nitrogens is 2. The summed E-state index contributed by atoms with van der Waals surface area (Å²) in [5.74, 6) is 0.936. The second-order valence-electron chi connectivity index (χ2n) is 5.59. The van der Waals surface area contributed by atoms with E-state index >= 15 is 0 Å². The maximum absolute atomic E-state index is 4.79. The van der Waals surface area contributed by atoms with Gasteiger partial charge in [-0.05, 0) is 38.8 Å². The van der Waals surface area contributed by atoms with Gasteiger partial charge in [0.2, 0.25) is 0 Å². The lowest BCUT2D eigenvalue weighted by Crippen LogP contribution is -2.23. The minimum atomic E-state index is 0.423. The number of benzene rings is 1. The van der Waals surface area contributed by atoms with Crippen molar-refractivity contribution in [3.05, 3.63) is 58.7 Å². The van der Waals surface area contributed by atoms with Crippen LogP contribution >= 0.6 is 0 Å². The number of hydrogen-bond donors (Lipinski definition) is 1. The molecule has 0 bridgehead atoms. The first-order chi connectivity index (χ1) is 9.76. The molecular weight excluding hydrogens is 246 g/mol. The molecule has 1 N–H and O–H groups in total. The normalized spacial score (nSPS) is 17.8. The van der Waals surface area contributed by atoms with Gasteiger partial charge in [-0.25, -0.2) is 9.97 Å². The van der Waals surface area contributed by atoms with Gasteiger partial charge in [0.05, 0.1) is 0 Å². The summed E-state index contributed by atoms with van der Waals surface area (Å²) < 4.78 is 0. The number of nitrogens with one attached hydrogen (secondary N) is 1. The minimum Gasteiger partial charge on any atom is -0.313 e. The summed E-state index contributed by atoms with van der Waals surface area (Å²) in [6, 6.07) is 8.99. The maximum Gasteiger partial charge on any atom is 0.132 e. The average molecular weight is 267 g/mol. The van der Waals surface area contributed by atoms with Crippen LogP contribution in [0.3, 0.4) is 0 Å². The van der Waals surface area contributed by atoms with Crippen LogP contribution in [0.15, 0.2) is 30.5 Å². The molecule has 1 unspecified atom stereocenters. The zero-order valence-corrected chi connectivity index (χ0v) is 12.2. The van der Waals surface area contributed by atoms with Crippen molar-refractivity contribution in [1.29, 1.82) is 0 Å². The third kappa shape index (κ3) is 2.73. The van der Waals surface area contributed by atoms with E-state index in [0.29, 0.717) is 6.04 Å². The Hall–Kier alpha value is -1.74. The van der Waals surface area contributed by atoms with Gasteiger partial charge in [0.15, 0.2) is 0 Å². The van der Waals surface area contributed by atoms with Crippen LogP contribution < -0.4 is 5.32 Å². The van der Waals surface area contributed by atoms with Crippen molar-refractivity contribution >= 4 is 0 Å². The highest BCUT2D eigenvalue weighted by molar-refractivity contribution is 5.28. The van der Waals surface area contributed by atoms with Gasteiger partial charge in [-0.15, -0.1) is 0 Å². The molecule has 0 saturated heterocycles. The fraction of sp³-hybridized carbons (Fsp3) is 0.412. The van der Waals surface area contributed by atoms with Gasteiger partial charge in [-0.3, -0.25) is 0 Å². The van der Waals surface area contributed by atoms with Gasteiger partial charge in [0.1, 0.15) is 5.82 Å². The average Bonchev–Trinajstić information content (AvgIpc) is 2.46. The van der Waals surface area contributed by atoms with Crippen molar-refractivity contribution in [3.8, 4) is 0 Å². The van der Waals surface area contributed by atoms with Crippen molar-refractivity contribution in [2.45, 2.75) is 38.6 Å². The van der Waals surface area contributed by atoms with E-state index in [9.17, 15) is 0 Å². The van der Waals surface area contributed by atoms with Crippen LogP contribution in [0.4, 0.5) is 0 Å². The quantitative estimate of drug-likeness (QED) is 0.929. The van der Waals surface area contributed by atoms with Gasteiger partial charge in [-0.2, -0.15) is 0 Å². The lowest BCUT2D eigenvalue weighted by molar-refractivity contribution is 0.485. The Labute approximate surface area is 120 Å². The van der Waals surface area contributed by atoms with E-state index < -0.39 is 0 Å². The van der Waals surface area contributed by atoms with Gasteiger partial charge < -0.3 is 5.32 Å². The molecule has 0 amide bonds. The largest absolute Gasteiger partial charge is 0.313 e. The van der Waals surface area contributed by atoms with Gasteiger partial charge in [-0.1, -0.05) is 29.8 Å². The van der Waals surface area contributed by atoms with Gasteiger partial charge in [0, 0.05) is 29.9 Å². The van der Waals surface area contributed by atoms with Crippen molar-refractivity contribution in [1.82, 2.24) is 15.3 Å². The summed E-state index contributed by atoms with van der Waals surface area (Å²) >= 11 is 0. The fourth-order valence-corrected chi connectivity index (χ4v) is 2.98. The Bertz CT molecular complexity index is 607. The minimum absolute atomic E-state index is 0.423. The van der Waals surface area contributed by atoms with Crippen molar-refractivity contribution in [2.24, 2.45) is 0 Å². The van der Waals surface area contributed by atoms with Crippen LogP contribution in [0.5, 0.6) is 0 Å². The molecule has 1 aromatic heterocycles. The molecule has 0 fully saturated rings. The van der Waals surface area contributed by atoms with Crippen molar-refractivity contribution in [3.63, 3.8) is 0 Å². The molecule has 0 saturated carbocycles. The molecule has 1 atom stereocenters. The number of fused-ring (bicyclic) bond motifs is 1. The summed E-state index contributed by atoms with van der Waals surface area (Å²) in [4.78, 5) is 9.35. The highest BCUT2D eigenvalue weighted by Gasteiger charge is 2.20. The Morgan fingerprint density at radius 3 is 3.05 bits per heavy atom. The van der Waals surface area contributed by atoms with E-state index in [0.717, 1.165) is 18.7 Å². The topological polar surface area (TPSA) is 37.8 Å². The fourth-order valence-electron chi connectivity index (χ4n) is 2.98. The van der Waals surface area contributed by atoms with E-state index in [-0.39, 0.29) is 0 Å². The molecule has 0 aliphatic heterocycles. The molecule has 1 aliphatic rings. The Kier molecular flexibility index (Phi) is 3.79. The molecule has 0 radical (unpaired) electrons. The third-order valence-electron chi connectivity index (χ3n) is 4.02. The zero-order chi connectivity index (χ0) is 13.9. The Morgan fingerprint density at radius 2 is 2.25 bits per heavy atom. The van der Waals surface area contributed by atoms with Crippen molar-refractivity contribution in [2.75, 3.05) is 7.05 Å². The summed E-state index contributed by atoms with van der Waals surface area (Å²) in [6.45, 7) is 2.12. The van der Waals surface area contributed by atoms with Crippen LogP contribution in [-0.4, -0.2) is 17.0 Å². The zero-order valence-electron chi connectivity index (χ0n) is 12.2. The molecule has 3 rings (SSSR count). The molecule has 3 heteroatoms. The first-order valence-electron chi connectivity index (χ1n) is 7.34. The van der Waals surface area contributed by atoms with Crippen molar-refractivity contribution < 1.29 is 0 Å². The van der Waals surface area contributed by atoms with Crippen LogP contribution in [0.25, 0.3) is 0 Å². The molecule has 1 heterocycles. The number of nitrogens with zero attached hydrogens (tertiary/aromatic N) is 2. The molecule has 3 nitrogen and oxygen atoms in total. The SMILES string of the molecule is CNC1CCCc2nc(Cc3cccc(C)c3)ncc21. The highest BCUT2D eigenvalue weighted by Crippen LogP contribution is 2.27. The molecule has 0 spiro atoms. The standard InChI is InChI=1S/C17H21N3/c1-12-5-3-6-13(9-12)10-17-19-11-14-15(18-2)7-4-8-16(14)20-17/h3,5-6,9,11,15,18H,4,7-8,10H2,1-2H3. The molecule has 1 aromatic carbocycles. The predicted molar refractivity (Wildman–Crippen MR) is 80.8 cm³/mol. The van der Waals surface area contributed by atoms with E-state index in [1.807, 2.05) is 13.2 Å². The summed E-state index contributed by atoms with van der Waals surface area (Å²) in [6.07, 6.45) is 6.31. The first-order valence-corrected chi connectivity index (χ1v) is 7.34. The number of rotatable bonds is 3. The predicted octanol–water partition coefficient (Wildman–Crippen LogP) is 2.97. The summed E-state index contributed by atoms with van der Waals surface area (Å²) in [5, 5.41) is 3.36. The van der Waals surface area contributed by atoms with E-state index in [4.69, 9.17) is 4.98 Å². The third-order valence-corrected chi connectivity index (χ3v) is 4.02. The van der Waals surface area contributed by atoms with E-state index in [2.05, 4.69) is 41.5 Å².